The normalized spacial score (nSPS) is 11.6. The minimum absolute atomic E-state index is 0.00882. The van der Waals surface area contributed by atoms with Crippen molar-refractivity contribution in [3.8, 4) is 11.6 Å². The van der Waals surface area contributed by atoms with E-state index < -0.39 is 5.91 Å². The highest BCUT2D eigenvalue weighted by Crippen LogP contribution is 2.24. The van der Waals surface area contributed by atoms with E-state index in [1.807, 2.05) is 0 Å². The highest BCUT2D eigenvalue weighted by Gasteiger charge is 2.24. The molecule has 1 amide bonds. The zero-order chi connectivity index (χ0) is 22.7. The van der Waals surface area contributed by atoms with Gasteiger partial charge in [0.05, 0.1) is 11.4 Å². The number of carbonyl (C=O) groups is 1. The van der Waals surface area contributed by atoms with Crippen LogP contribution in [0.2, 0.25) is 0 Å². The van der Waals surface area contributed by atoms with Crippen LogP contribution in [0.1, 0.15) is 28.7 Å². The molecule has 14 nitrogen and oxygen atoms in total. The van der Waals surface area contributed by atoms with Crippen molar-refractivity contribution in [2.75, 3.05) is 5.73 Å². The van der Waals surface area contributed by atoms with Crippen molar-refractivity contribution in [3.63, 3.8) is 0 Å². The molecule has 15 heteroatoms. The Balaban J connectivity index is 1.61. The highest BCUT2D eigenvalue weighted by atomic mass is 32.2. The Bertz CT molecular complexity index is 1290. The molecule has 4 aromatic rings. The van der Waals surface area contributed by atoms with Crippen LogP contribution in [-0.2, 0) is 12.8 Å². The van der Waals surface area contributed by atoms with Gasteiger partial charge in [0, 0.05) is 18.4 Å². The van der Waals surface area contributed by atoms with Gasteiger partial charge in [0.1, 0.15) is 12.1 Å². The van der Waals surface area contributed by atoms with Crippen molar-refractivity contribution in [3.05, 3.63) is 47.5 Å². The molecule has 0 bridgehead atoms. The quantitative estimate of drug-likeness (QED) is 0.200. The Morgan fingerprint density at radius 2 is 2.19 bits per heavy atom. The van der Waals surface area contributed by atoms with Crippen molar-refractivity contribution < 1.29 is 14.5 Å². The molecule has 3 aromatic heterocycles. The number of nitrogen functional groups attached to an aromatic ring is 1. The van der Waals surface area contributed by atoms with Gasteiger partial charge in [0.15, 0.2) is 10.9 Å². The smallest absolute Gasteiger partial charge is 0.293 e. The van der Waals surface area contributed by atoms with Crippen molar-refractivity contribution in [2.24, 2.45) is 12.1 Å². The minimum atomic E-state index is -0.598. The Morgan fingerprint density at radius 1 is 1.34 bits per heavy atom. The predicted octanol–water partition coefficient (Wildman–Crippen LogP) is 0.513. The van der Waals surface area contributed by atoms with Gasteiger partial charge in [-0.1, -0.05) is 29.1 Å². The van der Waals surface area contributed by atoms with Crippen molar-refractivity contribution in [2.45, 2.75) is 17.8 Å². The summed E-state index contributed by atoms with van der Waals surface area (Å²) in [7, 11) is 1.80. The van der Waals surface area contributed by atoms with Crippen molar-refractivity contribution >= 4 is 29.2 Å². The maximum Gasteiger partial charge on any atom is 0.293 e. The average molecular weight is 455 g/mol. The number of nitrogens with two attached hydrogens (primary N) is 1. The summed E-state index contributed by atoms with van der Waals surface area (Å²) < 4.78 is 7.65. The van der Waals surface area contributed by atoms with Crippen molar-refractivity contribution in [1.29, 1.82) is 0 Å². The lowest BCUT2D eigenvalue weighted by atomic mass is 10.1. The Morgan fingerprint density at radius 3 is 2.88 bits per heavy atom. The maximum atomic E-state index is 12.8. The molecule has 0 saturated heterocycles. The van der Waals surface area contributed by atoms with Crippen LogP contribution in [0.15, 0.2) is 45.5 Å². The third-order valence-corrected chi connectivity index (χ3v) is 5.32. The standard InChI is InChI=1S/C17H17N11O3S/c1-9(10-4-3-5-11(29)6-10)20-22-16(30)13-12(7-32-17-23-19-8-27(17)2)28(26-21-13)15-14(18)24-31-25-15/h3-6,8,29H,7H2,1-2H3,(H2,18,24)(H,22,30)/b20-9+. The number of anilines is 1. The van der Waals surface area contributed by atoms with E-state index in [4.69, 9.17) is 5.73 Å². The largest absolute Gasteiger partial charge is 0.508 e. The number of aryl methyl sites for hydroxylation is 1. The number of benzene rings is 1. The number of nitrogens with one attached hydrogen (secondary N) is 1. The van der Waals surface area contributed by atoms with E-state index in [9.17, 15) is 9.90 Å². The van der Waals surface area contributed by atoms with E-state index in [0.717, 1.165) is 0 Å². The Hall–Kier alpha value is -4.27. The molecule has 1 aromatic carbocycles. The monoisotopic (exact) mass is 455 g/mol. The van der Waals surface area contributed by atoms with Gasteiger partial charge in [-0.05, 0) is 29.4 Å². The summed E-state index contributed by atoms with van der Waals surface area (Å²) in [6, 6.07) is 6.50. The summed E-state index contributed by atoms with van der Waals surface area (Å²) in [6.07, 6.45) is 1.56. The number of phenolic OH excluding ortho intramolecular Hbond substituents is 1. The number of hydrazone groups is 1. The van der Waals surface area contributed by atoms with Crippen LogP contribution >= 0.6 is 11.8 Å². The molecule has 0 aliphatic heterocycles. The molecule has 0 spiro atoms. The summed E-state index contributed by atoms with van der Waals surface area (Å²) in [4.78, 5) is 12.8. The van der Waals surface area contributed by atoms with E-state index in [-0.39, 0.29) is 28.8 Å². The summed E-state index contributed by atoms with van der Waals surface area (Å²) >= 11 is 1.31. The van der Waals surface area contributed by atoms with Crippen LogP contribution in [0, 0.1) is 0 Å². The van der Waals surface area contributed by atoms with Gasteiger partial charge in [0.2, 0.25) is 11.6 Å². The summed E-state index contributed by atoms with van der Waals surface area (Å²) in [5.74, 6) is -0.175. The van der Waals surface area contributed by atoms with Crippen LogP contribution in [0.5, 0.6) is 5.75 Å². The van der Waals surface area contributed by atoms with Gasteiger partial charge >= 0.3 is 0 Å². The molecule has 3 heterocycles. The van der Waals surface area contributed by atoms with Gasteiger partial charge < -0.3 is 15.4 Å². The van der Waals surface area contributed by atoms with Crippen molar-refractivity contribution in [1.82, 2.24) is 45.5 Å². The molecular formula is C17H17N11O3S. The van der Waals surface area contributed by atoms with E-state index >= 15 is 0 Å². The molecule has 0 saturated carbocycles. The van der Waals surface area contributed by atoms with Crippen LogP contribution in [0.25, 0.3) is 5.82 Å². The lowest BCUT2D eigenvalue weighted by Crippen LogP contribution is -2.21. The number of hydrogen-bond donors (Lipinski definition) is 3. The predicted molar refractivity (Wildman–Crippen MR) is 112 cm³/mol. The van der Waals surface area contributed by atoms with Gasteiger partial charge in [-0.15, -0.1) is 15.3 Å². The fraction of sp³-hybridized carbons (Fsp3) is 0.176. The van der Waals surface area contributed by atoms with E-state index in [1.165, 1.54) is 22.5 Å². The third kappa shape index (κ3) is 4.27. The van der Waals surface area contributed by atoms with Gasteiger partial charge in [0.25, 0.3) is 5.91 Å². The molecule has 0 fully saturated rings. The number of thioether (sulfide) groups is 1. The van der Waals surface area contributed by atoms with Crippen LogP contribution in [0.3, 0.4) is 0 Å². The van der Waals surface area contributed by atoms with Gasteiger partial charge in [-0.2, -0.15) is 9.78 Å². The van der Waals surface area contributed by atoms with E-state index in [1.54, 1.807) is 43.1 Å². The minimum Gasteiger partial charge on any atom is -0.508 e. The zero-order valence-electron chi connectivity index (χ0n) is 16.9. The summed E-state index contributed by atoms with van der Waals surface area (Å²) in [6.45, 7) is 1.69. The second-order valence-electron chi connectivity index (χ2n) is 6.47. The first-order valence-corrected chi connectivity index (χ1v) is 10.1. The first-order valence-electron chi connectivity index (χ1n) is 9.08. The van der Waals surface area contributed by atoms with Crippen LogP contribution in [-0.4, -0.2) is 56.8 Å². The summed E-state index contributed by atoms with van der Waals surface area (Å²) in [5.41, 5.74) is 9.76. The number of hydrogen-bond acceptors (Lipinski definition) is 12. The number of phenols is 1. The Kier molecular flexibility index (Phi) is 5.80. The number of rotatable bonds is 7. The summed E-state index contributed by atoms with van der Waals surface area (Å²) in [5, 5.41) is 37.4. The SMILES string of the molecule is C/C(=N\NC(=O)c1nnn(-c2nonc2N)c1CSc1nncn1C)c1cccc(O)c1. The number of amides is 1. The molecule has 32 heavy (non-hydrogen) atoms. The first-order chi connectivity index (χ1) is 15.4. The number of aromatic hydroxyl groups is 1. The van der Waals surface area contributed by atoms with Crippen LogP contribution in [0.4, 0.5) is 5.82 Å². The molecule has 0 aliphatic rings. The topological polar surface area (TPSA) is 188 Å². The van der Waals surface area contributed by atoms with Gasteiger partial charge in [-0.25, -0.2) is 10.1 Å². The Labute approximate surface area is 184 Å². The van der Waals surface area contributed by atoms with Crippen LogP contribution < -0.4 is 11.2 Å². The van der Waals surface area contributed by atoms with Gasteiger partial charge in [-0.3, -0.25) is 4.79 Å². The second-order valence-corrected chi connectivity index (χ2v) is 7.41. The van der Waals surface area contributed by atoms with E-state index in [2.05, 4.69) is 46.0 Å². The second kappa shape index (κ2) is 8.84. The third-order valence-electron chi connectivity index (χ3n) is 4.27. The molecule has 0 radical (unpaired) electrons. The van der Waals surface area contributed by atoms with E-state index in [0.29, 0.717) is 22.1 Å². The maximum absolute atomic E-state index is 12.8. The lowest BCUT2D eigenvalue weighted by molar-refractivity contribution is 0.0949. The highest BCUT2D eigenvalue weighted by molar-refractivity contribution is 7.98. The molecule has 0 atom stereocenters. The fourth-order valence-electron chi connectivity index (χ4n) is 2.63. The molecule has 0 aliphatic carbocycles. The molecule has 164 valence electrons. The zero-order valence-corrected chi connectivity index (χ0v) is 17.7. The number of aromatic nitrogens is 8. The lowest BCUT2D eigenvalue weighted by Gasteiger charge is -2.06. The molecule has 0 unspecified atom stereocenters. The molecular weight excluding hydrogens is 438 g/mol. The number of carbonyl (C=O) groups excluding carboxylic acids is 1. The first kappa shape index (κ1) is 21.0. The average Bonchev–Trinajstić information content (AvgIpc) is 3.49. The molecule has 4 N–H and O–H groups in total. The number of nitrogens with zero attached hydrogens (tertiary/aromatic N) is 9. The fourth-order valence-corrected chi connectivity index (χ4v) is 3.52. The molecule has 4 rings (SSSR count).